The van der Waals surface area contributed by atoms with Crippen LogP contribution in [0.4, 0.5) is 28.4 Å². The van der Waals surface area contributed by atoms with E-state index in [0.717, 1.165) is 30.3 Å². The van der Waals surface area contributed by atoms with E-state index in [1.807, 2.05) is 51.1 Å². The lowest BCUT2D eigenvalue weighted by Gasteiger charge is -2.37. The average molecular weight is 1210 g/mol. The van der Waals surface area contributed by atoms with Crippen molar-refractivity contribution in [1.29, 1.82) is 0 Å². The van der Waals surface area contributed by atoms with Gasteiger partial charge in [-0.3, -0.25) is 58.8 Å². The van der Waals surface area contributed by atoms with Gasteiger partial charge in [0.25, 0.3) is 11.5 Å². The molecular weight excluding hydrogens is 1140 g/mol. The van der Waals surface area contributed by atoms with Crippen molar-refractivity contribution >= 4 is 90.7 Å². The van der Waals surface area contributed by atoms with Gasteiger partial charge in [0, 0.05) is 135 Å². The Hall–Kier alpha value is -10.1. The quantitative estimate of drug-likeness (QED) is 0.113. The molecule has 28 heteroatoms. The molecule has 0 aliphatic carbocycles. The first kappa shape index (κ1) is 61.0. The minimum atomic E-state index is -0.657. The number of aryl methyl sites for hydroxylation is 3. The molecule has 0 radical (unpaired) electrons. The van der Waals surface area contributed by atoms with E-state index in [-0.39, 0.29) is 41.8 Å². The van der Waals surface area contributed by atoms with E-state index in [1.54, 1.807) is 72.1 Å². The Morgan fingerprint density at radius 3 is 1.44 bits per heavy atom. The number of nitrogens with one attached hydrogen (secondary N) is 2. The summed E-state index contributed by atoms with van der Waals surface area (Å²) in [5.74, 6) is -0.974. The summed E-state index contributed by atoms with van der Waals surface area (Å²) in [5.41, 5.74) is 1.01. The summed E-state index contributed by atoms with van der Waals surface area (Å²) in [6.07, 6.45) is 7.14. The summed E-state index contributed by atoms with van der Waals surface area (Å²) in [5, 5.41) is 31.4. The van der Waals surface area contributed by atoms with E-state index in [0.29, 0.717) is 136 Å². The molecule has 2 N–H and O–H groups in total. The Morgan fingerprint density at radius 2 is 1.02 bits per heavy atom. The van der Waals surface area contributed by atoms with E-state index >= 15 is 0 Å². The second-order valence-corrected chi connectivity index (χ2v) is 21.8. The number of fused-ring (bicyclic) bond motifs is 3. The van der Waals surface area contributed by atoms with Crippen molar-refractivity contribution < 1.29 is 38.6 Å². The van der Waals surface area contributed by atoms with Crippen LogP contribution in [0.25, 0.3) is 32.7 Å². The highest BCUT2D eigenvalue weighted by Crippen LogP contribution is 2.36. The molecule has 2 unspecified atom stereocenters. The van der Waals surface area contributed by atoms with Gasteiger partial charge in [0.2, 0.25) is 17.7 Å². The predicted octanol–water partition coefficient (Wildman–Crippen LogP) is 2.69. The highest BCUT2D eigenvalue weighted by molar-refractivity contribution is 6.06. The first-order valence-electron chi connectivity index (χ1n) is 29.1. The van der Waals surface area contributed by atoms with E-state index in [1.165, 1.54) is 39.3 Å². The molecule has 460 valence electrons. The van der Waals surface area contributed by atoms with Gasteiger partial charge in [0.05, 0.1) is 50.9 Å². The Morgan fingerprint density at radius 1 is 0.580 bits per heavy atom. The molecule has 2 atom stereocenters. The van der Waals surface area contributed by atoms with Gasteiger partial charge >= 0.3 is 28.5 Å². The maximum atomic E-state index is 13.1. The third kappa shape index (κ3) is 12.1. The minimum absolute atomic E-state index is 0.0248. The second-order valence-electron chi connectivity index (χ2n) is 21.8. The molecule has 88 heavy (non-hydrogen) atoms. The minimum Gasteiger partial charge on any atom is -0.462 e. The van der Waals surface area contributed by atoms with Gasteiger partial charge in [-0.15, -0.1) is 0 Å². The molecule has 5 saturated heterocycles. The van der Waals surface area contributed by atoms with E-state index in [9.17, 15) is 58.6 Å². The van der Waals surface area contributed by atoms with Gasteiger partial charge in [-0.2, -0.15) is 0 Å². The maximum absolute atomic E-state index is 13.1. The molecule has 3 aromatic carbocycles. The Bertz CT molecular complexity index is 4070. The van der Waals surface area contributed by atoms with Crippen molar-refractivity contribution in [3.63, 3.8) is 0 Å². The number of anilines is 3. The number of esters is 1. The second kappa shape index (κ2) is 26.2. The van der Waals surface area contributed by atoms with Crippen LogP contribution in [0, 0.1) is 20.2 Å². The summed E-state index contributed by atoms with van der Waals surface area (Å²) < 4.78 is 9.29. The molecule has 0 bridgehead atoms. The Balaban J connectivity index is 0.000000146. The average Bonchev–Trinajstić information content (AvgIpc) is 1.22. The lowest BCUT2D eigenvalue weighted by Crippen LogP contribution is -2.53. The van der Waals surface area contributed by atoms with Crippen LogP contribution in [0.5, 0.6) is 0 Å². The number of rotatable bonds is 10. The zero-order valence-electron chi connectivity index (χ0n) is 49.2. The molecule has 0 spiro atoms. The summed E-state index contributed by atoms with van der Waals surface area (Å²) in [6, 6.07) is 21.2. The predicted molar refractivity (Wildman–Crippen MR) is 327 cm³/mol. The van der Waals surface area contributed by atoms with Crippen molar-refractivity contribution in [2.45, 2.75) is 44.7 Å². The molecule has 28 nitrogen and oxygen atoms in total. The van der Waals surface area contributed by atoms with Crippen LogP contribution < -0.4 is 42.0 Å². The zero-order chi connectivity index (χ0) is 62.5. The molecule has 5 aliphatic heterocycles. The number of para-hydroxylation sites is 3. The third-order valence-corrected chi connectivity index (χ3v) is 16.8. The summed E-state index contributed by atoms with van der Waals surface area (Å²) in [6.45, 7) is 7.89. The Labute approximate surface area is 502 Å². The van der Waals surface area contributed by atoms with Crippen LogP contribution in [0.15, 0.2) is 106 Å². The standard InChI is InChI=1S/C22H23N5O4.C19H21N5O5.C19H23N5O4/c1-3-31-22(30)18-19(15-6-4-5-7-17(15)25(2)21(18)29)26-10-12-27(13-11-26)20(28)16-14-23-8-9-24-16;1-21-14-5-3-2-4-12(14)16(17(19(21)27)24(28)29)22-8-10-23(11-9-22)18(26)13-6-7-15(25)20-13;1-21-15-7-3-2-5-13(15)16(17(19(21)26)24(27)28)22-9-11-23(12-10-22)18(25)14-6-4-8-20-14/h4-9,14H,3,10-13H2,1-2H3;2-5,13H,6-11H2,1H3,(H,20,25);2-3,5,7,14,20H,4,6,8-12H2,1H3. The number of nitro groups is 2. The van der Waals surface area contributed by atoms with Crippen molar-refractivity contribution in [2.75, 3.05) is 106 Å². The van der Waals surface area contributed by atoms with E-state index in [4.69, 9.17) is 4.74 Å². The normalized spacial score (nSPS) is 17.7. The molecule has 5 fully saturated rings. The van der Waals surface area contributed by atoms with Gasteiger partial charge < -0.3 is 58.5 Å². The summed E-state index contributed by atoms with van der Waals surface area (Å²) >= 11 is 0. The van der Waals surface area contributed by atoms with Crippen LogP contribution in [0.3, 0.4) is 0 Å². The molecule has 4 amide bonds. The largest absolute Gasteiger partial charge is 0.462 e. The lowest BCUT2D eigenvalue weighted by atomic mass is 10.1. The van der Waals surface area contributed by atoms with Crippen LogP contribution in [0.2, 0.25) is 0 Å². The van der Waals surface area contributed by atoms with Crippen molar-refractivity contribution in [1.82, 2.24) is 49.0 Å². The Kier molecular flexibility index (Phi) is 18.2. The topological polar surface area (TPSA) is 316 Å². The zero-order valence-corrected chi connectivity index (χ0v) is 49.2. The number of hydrogen-bond donors (Lipinski definition) is 2. The van der Waals surface area contributed by atoms with Gasteiger partial charge in [0.1, 0.15) is 28.7 Å². The van der Waals surface area contributed by atoms with Crippen LogP contribution >= 0.6 is 0 Å². The highest BCUT2D eigenvalue weighted by Gasteiger charge is 2.37. The fourth-order valence-electron chi connectivity index (χ4n) is 12.2. The van der Waals surface area contributed by atoms with Crippen LogP contribution in [-0.2, 0) is 40.3 Å². The van der Waals surface area contributed by atoms with Crippen molar-refractivity contribution in [3.05, 3.63) is 154 Å². The first-order valence-corrected chi connectivity index (χ1v) is 29.1. The number of piperazine rings is 3. The lowest BCUT2D eigenvalue weighted by molar-refractivity contribution is -0.385. The maximum Gasteiger partial charge on any atom is 0.357 e. The van der Waals surface area contributed by atoms with Crippen LogP contribution in [0.1, 0.15) is 53.5 Å². The first-order chi connectivity index (χ1) is 42.4. The summed E-state index contributed by atoms with van der Waals surface area (Å²) in [7, 11) is 4.72. The number of ether oxygens (including phenoxy) is 1. The van der Waals surface area contributed by atoms with E-state index < -0.39 is 49.9 Å². The molecule has 0 saturated carbocycles. The number of carbonyl (C=O) groups is 5. The fourth-order valence-corrected chi connectivity index (χ4v) is 12.2. The number of pyridine rings is 3. The van der Waals surface area contributed by atoms with Crippen molar-refractivity contribution in [3.8, 4) is 0 Å². The van der Waals surface area contributed by atoms with Gasteiger partial charge in [-0.25, -0.2) is 9.78 Å². The highest BCUT2D eigenvalue weighted by atomic mass is 16.6. The van der Waals surface area contributed by atoms with Crippen molar-refractivity contribution in [2.24, 2.45) is 21.1 Å². The number of nitrogens with zero attached hydrogens (tertiary/aromatic N) is 13. The molecule has 5 aliphatic rings. The number of carbonyl (C=O) groups excluding carboxylic acids is 5. The SMILES string of the molecule is CCOC(=O)c1c(N2CCN(C(=O)c3cnccn3)CC2)c2ccccc2n(C)c1=O.Cn1c(=O)c([N+](=O)[O-])c(N2CCN(C(=O)C3CCC(=O)N3)CC2)c2ccccc21.Cn1c(=O)c([N+](=O)[O-])c(N2CCN(C(=O)C3CCCN3)CC2)c2ccccc21. The molecule has 4 aromatic heterocycles. The summed E-state index contributed by atoms with van der Waals surface area (Å²) in [4.78, 5) is 142. The van der Waals surface area contributed by atoms with Gasteiger partial charge in [-0.05, 0) is 50.9 Å². The molecule has 9 heterocycles. The number of amides is 4. The number of aromatic nitrogens is 5. The monoisotopic (exact) mass is 1210 g/mol. The van der Waals surface area contributed by atoms with Gasteiger partial charge in [0.15, 0.2) is 0 Å². The van der Waals surface area contributed by atoms with Crippen LogP contribution in [-0.4, -0.2) is 182 Å². The number of hydrogen-bond acceptors (Lipinski definition) is 19. The third-order valence-electron chi connectivity index (χ3n) is 16.8. The smallest absolute Gasteiger partial charge is 0.357 e. The molecule has 12 rings (SSSR count). The fraction of sp³-hybridized carbons (Fsp3) is 0.400. The number of benzene rings is 3. The van der Waals surface area contributed by atoms with E-state index in [2.05, 4.69) is 20.6 Å². The van der Waals surface area contributed by atoms with Gasteiger partial charge in [-0.1, -0.05) is 54.6 Å². The molecule has 7 aromatic rings. The molecular formula is C60H67N15O13.